The maximum absolute atomic E-state index is 11.0. The molecule has 0 fully saturated rings. The lowest BCUT2D eigenvalue weighted by atomic mass is 10.1. The van der Waals surface area contributed by atoms with Gasteiger partial charge in [0.15, 0.2) is 0 Å². The lowest BCUT2D eigenvalue weighted by molar-refractivity contribution is -0.384. The van der Waals surface area contributed by atoms with Crippen LogP contribution in [0.3, 0.4) is 0 Å². The average Bonchev–Trinajstić information content (AvgIpc) is 2.46. The molecule has 0 saturated heterocycles. The number of nitrogens with one attached hydrogen (secondary N) is 1. The van der Waals surface area contributed by atoms with Crippen molar-refractivity contribution in [2.45, 2.75) is 10.6 Å². The first-order valence-electron chi connectivity index (χ1n) is 5.94. The minimum Gasteiger partial charge on any atom is -0.382 e. The van der Waals surface area contributed by atoms with E-state index in [0.29, 0.717) is 16.5 Å². The summed E-state index contributed by atoms with van der Waals surface area (Å²) in [5.41, 5.74) is 1.57. The normalized spacial score (nSPS) is 10.3. The fourth-order valence-corrected chi connectivity index (χ4v) is 2.86. The van der Waals surface area contributed by atoms with Crippen molar-refractivity contribution in [1.82, 2.24) is 0 Å². The van der Waals surface area contributed by atoms with Gasteiger partial charge in [-0.2, -0.15) is 0 Å². The van der Waals surface area contributed by atoms with Gasteiger partial charge in [-0.3, -0.25) is 10.1 Å². The van der Waals surface area contributed by atoms with Crippen molar-refractivity contribution >= 4 is 34.7 Å². The molecular formula is C14H13ClN2O2S. The van der Waals surface area contributed by atoms with Crippen LogP contribution in [0.4, 0.5) is 11.4 Å². The van der Waals surface area contributed by atoms with Crippen LogP contribution in [0.15, 0.2) is 47.4 Å². The van der Waals surface area contributed by atoms with E-state index in [0.717, 1.165) is 10.5 Å². The smallest absolute Gasteiger partial charge is 0.292 e. The van der Waals surface area contributed by atoms with Crippen molar-refractivity contribution in [1.29, 1.82) is 0 Å². The van der Waals surface area contributed by atoms with E-state index < -0.39 is 0 Å². The molecule has 0 heterocycles. The summed E-state index contributed by atoms with van der Waals surface area (Å²) >= 11 is 7.45. The molecule has 0 atom stereocenters. The van der Waals surface area contributed by atoms with Crippen LogP contribution in [0, 0.1) is 10.1 Å². The third-order valence-electron chi connectivity index (χ3n) is 2.78. The van der Waals surface area contributed by atoms with E-state index >= 15 is 0 Å². The minimum atomic E-state index is -0.373. The molecule has 0 saturated carbocycles. The molecule has 0 bridgehead atoms. The molecule has 2 aromatic carbocycles. The van der Waals surface area contributed by atoms with E-state index in [-0.39, 0.29) is 10.6 Å². The predicted octanol–water partition coefficient (Wildman–Crippen LogP) is 4.58. The Hall–Kier alpha value is -1.72. The van der Waals surface area contributed by atoms with Gasteiger partial charge in [0.25, 0.3) is 5.69 Å². The second kappa shape index (κ2) is 6.63. The molecule has 0 spiro atoms. The first-order valence-corrected chi connectivity index (χ1v) is 7.30. The molecular weight excluding hydrogens is 296 g/mol. The Kier molecular flexibility index (Phi) is 4.87. The van der Waals surface area contributed by atoms with Gasteiger partial charge in [0.1, 0.15) is 5.69 Å². The van der Waals surface area contributed by atoms with Gasteiger partial charge in [0.2, 0.25) is 0 Å². The second-order valence-corrected chi connectivity index (χ2v) is 5.55. The van der Waals surface area contributed by atoms with E-state index in [1.807, 2.05) is 30.3 Å². The Morgan fingerprint density at radius 3 is 2.55 bits per heavy atom. The number of nitrogens with zero attached hydrogens (tertiary/aromatic N) is 1. The summed E-state index contributed by atoms with van der Waals surface area (Å²) in [5, 5.41) is 14.6. The number of para-hydroxylation sites is 1. The van der Waals surface area contributed by atoms with Crippen LogP contribution in [0.25, 0.3) is 0 Å². The highest BCUT2D eigenvalue weighted by atomic mass is 35.5. The van der Waals surface area contributed by atoms with Crippen LogP contribution >= 0.6 is 23.4 Å². The zero-order valence-corrected chi connectivity index (χ0v) is 12.4. The standard InChI is InChI=1S/C14H13ClN2O2S/c1-16-14-10(3-2-4-13(14)17(18)19)9-20-12-7-5-11(15)6-8-12/h2-8,16H,9H2,1H3. The summed E-state index contributed by atoms with van der Waals surface area (Å²) in [6.07, 6.45) is 0. The van der Waals surface area contributed by atoms with Crippen molar-refractivity contribution in [3.05, 3.63) is 63.2 Å². The highest BCUT2D eigenvalue weighted by Gasteiger charge is 2.15. The lowest BCUT2D eigenvalue weighted by Crippen LogP contribution is -2.00. The molecule has 6 heteroatoms. The topological polar surface area (TPSA) is 55.2 Å². The molecule has 0 aliphatic carbocycles. The molecule has 20 heavy (non-hydrogen) atoms. The van der Waals surface area contributed by atoms with Crippen LogP contribution in [0.5, 0.6) is 0 Å². The summed E-state index contributed by atoms with van der Waals surface area (Å²) in [6, 6.07) is 12.6. The zero-order valence-electron chi connectivity index (χ0n) is 10.8. The van der Waals surface area contributed by atoms with Gasteiger partial charge >= 0.3 is 0 Å². The Bertz CT molecular complexity index is 617. The number of hydrogen-bond acceptors (Lipinski definition) is 4. The Morgan fingerprint density at radius 2 is 1.95 bits per heavy atom. The maximum atomic E-state index is 11.0. The number of thioether (sulfide) groups is 1. The zero-order chi connectivity index (χ0) is 14.5. The van der Waals surface area contributed by atoms with Gasteiger partial charge in [-0.1, -0.05) is 23.7 Å². The fourth-order valence-electron chi connectivity index (χ4n) is 1.84. The number of anilines is 1. The summed E-state index contributed by atoms with van der Waals surface area (Å²) in [6.45, 7) is 0. The molecule has 0 aliphatic rings. The van der Waals surface area contributed by atoms with Crippen LogP contribution in [-0.4, -0.2) is 12.0 Å². The highest BCUT2D eigenvalue weighted by Crippen LogP contribution is 2.32. The Morgan fingerprint density at radius 1 is 1.25 bits per heavy atom. The molecule has 1 N–H and O–H groups in total. The summed E-state index contributed by atoms with van der Waals surface area (Å²) < 4.78 is 0. The fraction of sp³-hybridized carbons (Fsp3) is 0.143. The first kappa shape index (κ1) is 14.7. The van der Waals surface area contributed by atoms with E-state index in [4.69, 9.17) is 11.6 Å². The van der Waals surface area contributed by atoms with Gasteiger partial charge in [-0.05, 0) is 29.8 Å². The molecule has 4 nitrogen and oxygen atoms in total. The van der Waals surface area contributed by atoms with Gasteiger partial charge in [-0.15, -0.1) is 11.8 Å². The molecule has 0 aromatic heterocycles. The van der Waals surface area contributed by atoms with Crippen LogP contribution < -0.4 is 5.32 Å². The lowest BCUT2D eigenvalue weighted by Gasteiger charge is -2.09. The summed E-state index contributed by atoms with van der Waals surface area (Å²) in [4.78, 5) is 11.7. The summed E-state index contributed by atoms with van der Waals surface area (Å²) in [7, 11) is 1.69. The molecule has 0 radical (unpaired) electrons. The van der Waals surface area contributed by atoms with Crippen molar-refractivity contribution in [2.24, 2.45) is 0 Å². The Balaban J connectivity index is 2.19. The molecule has 2 rings (SSSR count). The number of benzene rings is 2. The maximum Gasteiger partial charge on any atom is 0.292 e. The van der Waals surface area contributed by atoms with Crippen LogP contribution in [0.2, 0.25) is 5.02 Å². The van der Waals surface area contributed by atoms with E-state index in [9.17, 15) is 10.1 Å². The number of nitro benzene ring substituents is 1. The Labute approximate surface area is 126 Å². The third-order valence-corrected chi connectivity index (χ3v) is 4.10. The predicted molar refractivity (Wildman–Crippen MR) is 83.7 cm³/mol. The SMILES string of the molecule is CNc1c(CSc2ccc(Cl)cc2)cccc1[N+](=O)[O-]. The number of hydrogen-bond donors (Lipinski definition) is 1. The third kappa shape index (κ3) is 3.43. The van der Waals surface area contributed by atoms with E-state index in [1.165, 1.54) is 6.07 Å². The van der Waals surface area contributed by atoms with Crippen molar-refractivity contribution in [2.75, 3.05) is 12.4 Å². The highest BCUT2D eigenvalue weighted by molar-refractivity contribution is 7.98. The number of halogens is 1. The van der Waals surface area contributed by atoms with E-state index in [1.54, 1.807) is 24.9 Å². The molecule has 104 valence electrons. The van der Waals surface area contributed by atoms with Gasteiger partial charge in [0.05, 0.1) is 4.92 Å². The van der Waals surface area contributed by atoms with Gasteiger partial charge < -0.3 is 5.32 Å². The molecule has 0 unspecified atom stereocenters. The van der Waals surface area contributed by atoms with E-state index in [2.05, 4.69) is 5.32 Å². The first-order chi connectivity index (χ1) is 9.61. The van der Waals surface area contributed by atoms with Gasteiger partial charge in [0, 0.05) is 28.8 Å². The van der Waals surface area contributed by atoms with Crippen LogP contribution in [0.1, 0.15) is 5.56 Å². The summed E-state index contributed by atoms with van der Waals surface area (Å²) in [5.74, 6) is 0.652. The largest absolute Gasteiger partial charge is 0.382 e. The minimum absolute atomic E-state index is 0.0988. The van der Waals surface area contributed by atoms with Crippen LogP contribution in [-0.2, 0) is 5.75 Å². The molecule has 0 amide bonds. The average molecular weight is 309 g/mol. The second-order valence-electron chi connectivity index (χ2n) is 4.06. The number of rotatable bonds is 5. The van der Waals surface area contributed by atoms with Gasteiger partial charge in [-0.25, -0.2) is 0 Å². The number of nitro groups is 1. The monoisotopic (exact) mass is 308 g/mol. The van der Waals surface area contributed by atoms with Crippen molar-refractivity contribution in [3.63, 3.8) is 0 Å². The van der Waals surface area contributed by atoms with Crippen molar-refractivity contribution in [3.8, 4) is 0 Å². The molecule has 0 aliphatic heterocycles. The quantitative estimate of drug-likeness (QED) is 0.499. The van der Waals surface area contributed by atoms with Crippen molar-refractivity contribution < 1.29 is 4.92 Å². The molecule has 2 aromatic rings.